The number of hydrogen-bond acceptors (Lipinski definition) is 4. The standard InChI is InChI=1S/C15H31N5O3/c1-7-16-13(17-9-8-12(21)20(5)6)18-10-11-19-14(22)23-15(2,3)4/h7-11H2,1-6H3,(H,19,22)(H2,16,17,18). The molecule has 0 aliphatic rings. The summed E-state index contributed by atoms with van der Waals surface area (Å²) < 4.78 is 5.14. The van der Waals surface area contributed by atoms with Crippen molar-refractivity contribution >= 4 is 18.0 Å². The lowest BCUT2D eigenvalue weighted by Crippen LogP contribution is -2.42. The lowest BCUT2D eigenvalue weighted by Gasteiger charge is -2.19. The molecule has 0 aromatic rings. The molecule has 0 bridgehead atoms. The fourth-order valence-corrected chi connectivity index (χ4v) is 1.49. The van der Waals surface area contributed by atoms with Crippen molar-refractivity contribution in [3.8, 4) is 0 Å². The normalized spacial score (nSPS) is 11.7. The summed E-state index contributed by atoms with van der Waals surface area (Å²) >= 11 is 0. The summed E-state index contributed by atoms with van der Waals surface area (Å²) in [5.41, 5.74) is -0.507. The van der Waals surface area contributed by atoms with E-state index in [1.807, 2.05) is 27.7 Å². The molecular weight excluding hydrogens is 298 g/mol. The van der Waals surface area contributed by atoms with E-state index in [0.29, 0.717) is 38.6 Å². The number of alkyl carbamates (subject to hydrolysis) is 1. The number of carbonyl (C=O) groups is 2. The summed E-state index contributed by atoms with van der Waals surface area (Å²) in [4.78, 5) is 28.8. The number of nitrogens with one attached hydrogen (secondary N) is 3. The molecule has 8 heteroatoms. The van der Waals surface area contributed by atoms with Crippen molar-refractivity contribution < 1.29 is 14.3 Å². The Morgan fingerprint density at radius 3 is 2.22 bits per heavy atom. The van der Waals surface area contributed by atoms with Crippen LogP contribution in [0.1, 0.15) is 34.1 Å². The topological polar surface area (TPSA) is 95.1 Å². The fraction of sp³-hybridized carbons (Fsp3) is 0.800. The maximum absolute atomic E-state index is 11.5. The molecule has 0 aromatic carbocycles. The van der Waals surface area contributed by atoms with Crippen LogP contribution in [0.25, 0.3) is 0 Å². The molecule has 0 radical (unpaired) electrons. The van der Waals surface area contributed by atoms with E-state index in [4.69, 9.17) is 4.74 Å². The van der Waals surface area contributed by atoms with E-state index in [9.17, 15) is 9.59 Å². The monoisotopic (exact) mass is 329 g/mol. The summed E-state index contributed by atoms with van der Waals surface area (Å²) in [6, 6.07) is 0. The van der Waals surface area contributed by atoms with E-state index in [1.54, 1.807) is 19.0 Å². The molecule has 134 valence electrons. The van der Waals surface area contributed by atoms with Crippen LogP contribution in [-0.4, -0.2) is 68.7 Å². The molecule has 0 fully saturated rings. The Morgan fingerprint density at radius 2 is 1.70 bits per heavy atom. The van der Waals surface area contributed by atoms with Crippen LogP contribution in [-0.2, 0) is 9.53 Å². The SMILES string of the molecule is CCNC(=NCCC(=O)N(C)C)NCCNC(=O)OC(C)(C)C. The fourth-order valence-electron chi connectivity index (χ4n) is 1.49. The molecular formula is C15H31N5O3. The molecule has 0 saturated heterocycles. The van der Waals surface area contributed by atoms with Gasteiger partial charge < -0.3 is 25.6 Å². The Morgan fingerprint density at radius 1 is 1.09 bits per heavy atom. The number of amides is 2. The minimum Gasteiger partial charge on any atom is -0.444 e. The Bertz CT molecular complexity index is 402. The molecule has 0 heterocycles. The third kappa shape index (κ3) is 12.3. The molecule has 3 N–H and O–H groups in total. The van der Waals surface area contributed by atoms with E-state index in [1.165, 1.54) is 0 Å². The molecule has 0 spiro atoms. The first-order valence-electron chi connectivity index (χ1n) is 7.85. The highest BCUT2D eigenvalue weighted by Crippen LogP contribution is 2.05. The maximum atomic E-state index is 11.5. The first kappa shape index (κ1) is 21.0. The molecule has 0 atom stereocenters. The highest BCUT2D eigenvalue weighted by molar-refractivity contribution is 5.80. The van der Waals surface area contributed by atoms with Crippen LogP contribution in [0, 0.1) is 0 Å². The number of carbonyl (C=O) groups excluding carboxylic acids is 2. The van der Waals surface area contributed by atoms with Crippen molar-refractivity contribution in [3.63, 3.8) is 0 Å². The second-order valence-corrected chi connectivity index (χ2v) is 6.15. The predicted octanol–water partition coefficient (Wildman–Crippen LogP) is 0.545. The molecule has 0 aliphatic carbocycles. The first-order chi connectivity index (χ1) is 10.7. The second-order valence-electron chi connectivity index (χ2n) is 6.15. The number of rotatable bonds is 7. The summed E-state index contributed by atoms with van der Waals surface area (Å²) in [5, 5.41) is 8.83. The third-order valence-corrected chi connectivity index (χ3v) is 2.52. The Balaban J connectivity index is 4.09. The number of nitrogens with zero attached hydrogens (tertiary/aromatic N) is 2. The van der Waals surface area contributed by atoms with Crippen LogP contribution >= 0.6 is 0 Å². The van der Waals surface area contributed by atoms with Gasteiger partial charge in [0, 0.05) is 40.2 Å². The summed E-state index contributed by atoms with van der Waals surface area (Å²) in [6.45, 7) is 9.45. The molecule has 0 saturated carbocycles. The van der Waals surface area contributed by atoms with Gasteiger partial charge in [0.05, 0.1) is 6.54 Å². The van der Waals surface area contributed by atoms with Crippen LogP contribution in [0.3, 0.4) is 0 Å². The maximum Gasteiger partial charge on any atom is 0.407 e. The van der Waals surface area contributed by atoms with Crippen LogP contribution in [0.2, 0.25) is 0 Å². The van der Waals surface area contributed by atoms with Crippen molar-refractivity contribution in [1.82, 2.24) is 20.9 Å². The van der Waals surface area contributed by atoms with Crippen LogP contribution in [0.5, 0.6) is 0 Å². The molecule has 0 aromatic heterocycles. The molecule has 0 unspecified atom stereocenters. The van der Waals surface area contributed by atoms with Gasteiger partial charge in [-0.15, -0.1) is 0 Å². The lowest BCUT2D eigenvalue weighted by atomic mass is 10.2. The number of aliphatic imine (C=N–C) groups is 1. The van der Waals surface area contributed by atoms with Gasteiger partial charge in [-0.05, 0) is 27.7 Å². The highest BCUT2D eigenvalue weighted by atomic mass is 16.6. The van der Waals surface area contributed by atoms with Gasteiger partial charge in [0.25, 0.3) is 0 Å². The van der Waals surface area contributed by atoms with Crippen LogP contribution in [0.4, 0.5) is 4.79 Å². The number of ether oxygens (including phenoxy) is 1. The largest absolute Gasteiger partial charge is 0.444 e. The van der Waals surface area contributed by atoms with E-state index >= 15 is 0 Å². The summed E-state index contributed by atoms with van der Waals surface area (Å²) in [7, 11) is 3.44. The van der Waals surface area contributed by atoms with Gasteiger partial charge in [-0.2, -0.15) is 0 Å². The summed E-state index contributed by atoms with van der Waals surface area (Å²) in [6.07, 6.45) is -0.0856. The predicted molar refractivity (Wildman–Crippen MR) is 91.5 cm³/mol. The molecule has 0 rings (SSSR count). The molecule has 0 aliphatic heterocycles. The lowest BCUT2D eigenvalue weighted by molar-refractivity contribution is -0.128. The zero-order chi connectivity index (χ0) is 17.9. The summed E-state index contributed by atoms with van der Waals surface area (Å²) in [5.74, 6) is 0.654. The van der Waals surface area contributed by atoms with Gasteiger partial charge in [0.2, 0.25) is 5.91 Å². The molecule has 2 amide bonds. The third-order valence-electron chi connectivity index (χ3n) is 2.52. The van der Waals surface area contributed by atoms with Crippen molar-refractivity contribution in [1.29, 1.82) is 0 Å². The zero-order valence-corrected chi connectivity index (χ0v) is 15.2. The van der Waals surface area contributed by atoms with E-state index in [-0.39, 0.29) is 5.91 Å². The van der Waals surface area contributed by atoms with Crippen molar-refractivity contribution in [2.24, 2.45) is 4.99 Å². The van der Waals surface area contributed by atoms with Gasteiger partial charge in [0.15, 0.2) is 5.96 Å². The van der Waals surface area contributed by atoms with Crippen LogP contribution < -0.4 is 16.0 Å². The minimum absolute atomic E-state index is 0.0381. The second kappa shape index (κ2) is 10.7. The number of hydrogen-bond donors (Lipinski definition) is 3. The number of guanidine groups is 1. The van der Waals surface area contributed by atoms with Crippen molar-refractivity contribution in [2.75, 3.05) is 40.3 Å². The van der Waals surface area contributed by atoms with E-state index in [2.05, 4.69) is 20.9 Å². The average Bonchev–Trinajstić information content (AvgIpc) is 2.41. The quantitative estimate of drug-likeness (QED) is 0.360. The van der Waals surface area contributed by atoms with Crippen LogP contribution in [0.15, 0.2) is 4.99 Å². The molecule has 8 nitrogen and oxygen atoms in total. The van der Waals surface area contributed by atoms with Gasteiger partial charge >= 0.3 is 6.09 Å². The van der Waals surface area contributed by atoms with Gasteiger partial charge in [-0.1, -0.05) is 0 Å². The minimum atomic E-state index is -0.507. The van der Waals surface area contributed by atoms with Gasteiger partial charge in [0.1, 0.15) is 5.60 Å². The van der Waals surface area contributed by atoms with E-state index < -0.39 is 11.7 Å². The van der Waals surface area contributed by atoms with E-state index in [0.717, 1.165) is 0 Å². The Hall–Kier alpha value is -1.99. The smallest absolute Gasteiger partial charge is 0.407 e. The van der Waals surface area contributed by atoms with Gasteiger partial charge in [-0.3, -0.25) is 9.79 Å². The Kier molecular flexibility index (Phi) is 9.76. The van der Waals surface area contributed by atoms with Gasteiger partial charge in [-0.25, -0.2) is 4.79 Å². The highest BCUT2D eigenvalue weighted by Gasteiger charge is 2.15. The van der Waals surface area contributed by atoms with Crippen molar-refractivity contribution in [2.45, 2.75) is 39.7 Å². The average molecular weight is 329 g/mol. The zero-order valence-electron chi connectivity index (χ0n) is 15.2. The Labute approximate surface area is 139 Å². The first-order valence-corrected chi connectivity index (χ1v) is 7.85. The van der Waals surface area contributed by atoms with Crippen molar-refractivity contribution in [3.05, 3.63) is 0 Å². The molecule has 23 heavy (non-hydrogen) atoms.